The van der Waals surface area contributed by atoms with Crippen molar-refractivity contribution in [2.75, 3.05) is 13.2 Å². The molecule has 1 atom stereocenters. The molecule has 108 valence electrons. The molecule has 0 spiro atoms. The minimum Gasteiger partial charge on any atom is -0.492 e. The molecule has 0 saturated carbocycles. The first kappa shape index (κ1) is 14.9. The van der Waals surface area contributed by atoms with Crippen molar-refractivity contribution in [2.24, 2.45) is 0 Å². The summed E-state index contributed by atoms with van der Waals surface area (Å²) in [7, 11) is 0. The predicted octanol–water partition coefficient (Wildman–Crippen LogP) is 3.33. The molecule has 0 fully saturated rings. The van der Waals surface area contributed by atoms with Gasteiger partial charge < -0.3 is 10.1 Å². The fourth-order valence-electron chi connectivity index (χ4n) is 2.05. The normalized spacial score (nSPS) is 12.3. The van der Waals surface area contributed by atoms with Gasteiger partial charge in [-0.2, -0.15) is 0 Å². The standard InChI is InChI=1S/C15H21N3OS/c1-4-6-19-13-7-12(8-16-9-13)14(17-5-2)15-11(3)18-10-20-15/h7-10,14,17H,4-6H2,1-3H3. The zero-order chi connectivity index (χ0) is 14.4. The first-order valence-electron chi connectivity index (χ1n) is 6.97. The Morgan fingerprint density at radius 2 is 2.20 bits per heavy atom. The van der Waals surface area contributed by atoms with Gasteiger partial charge in [0.15, 0.2) is 0 Å². The molecule has 0 aliphatic carbocycles. The van der Waals surface area contributed by atoms with E-state index in [0.29, 0.717) is 0 Å². The first-order chi connectivity index (χ1) is 9.76. The number of nitrogens with one attached hydrogen (secondary N) is 1. The van der Waals surface area contributed by atoms with Crippen molar-refractivity contribution in [3.05, 3.63) is 40.1 Å². The van der Waals surface area contributed by atoms with Crippen LogP contribution in [-0.2, 0) is 0 Å². The third-order valence-electron chi connectivity index (χ3n) is 2.99. The van der Waals surface area contributed by atoms with Crippen LogP contribution in [0.25, 0.3) is 0 Å². The second-order valence-electron chi connectivity index (χ2n) is 4.60. The van der Waals surface area contributed by atoms with Crippen molar-refractivity contribution < 1.29 is 4.74 Å². The molecule has 0 radical (unpaired) electrons. The lowest BCUT2D eigenvalue weighted by molar-refractivity contribution is 0.315. The summed E-state index contributed by atoms with van der Waals surface area (Å²) in [6.07, 6.45) is 4.65. The molecule has 20 heavy (non-hydrogen) atoms. The van der Waals surface area contributed by atoms with Crippen LogP contribution in [0.3, 0.4) is 0 Å². The largest absolute Gasteiger partial charge is 0.492 e. The Kier molecular flexibility index (Phi) is 5.49. The lowest BCUT2D eigenvalue weighted by Gasteiger charge is -2.18. The van der Waals surface area contributed by atoms with E-state index in [1.807, 2.05) is 18.6 Å². The third-order valence-corrected chi connectivity index (χ3v) is 3.99. The fourth-order valence-corrected chi connectivity index (χ4v) is 2.95. The van der Waals surface area contributed by atoms with Gasteiger partial charge in [0, 0.05) is 11.1 Å². The Labute approximate surface area is 124 Å². The zero-order valence-corrected chi connectivity index (χ0v) is 13.0. The van der Waals surface area contributed by atoms with E-state index < -0.39 is 0 Å². The van der Waals surface area contributed by atoms with Gasteiger partial charge in [-0.25, -0.2) is 4.98 Å². The summed E-state index contributed by atoms with van der Waals surface area (Å²) in [6.45, 7) is 7.85. The minimum atomic E-state index is 0.130. The van der Waals surface area contributed by atoms with Crippen LogP contribution in [-0.4, -0.2) is 23.1 Å². The van der Waals surface area contributed by atoms with Crippen LogP contribution in [0.4, 0.5) is 0 Å². The van der Waals surface area contributed by atoms with Crippen molar-refractivity contribution in [2.45, 2.75) is 33.2 Å². The van der Waals surface area contributed by atoms with Gasteiger partial charge in [-0.1, -0.05) is 13.8 Å². The smallest absolute Gasteiger partial charge is 0.137 e. The van der Waals surface area contributed by atoms with Crippen molar-refractivity contribution in [3.8, 4) is 5.75 Å². The number of aromatic nitrogens is 2. The summed E-state index contributed by atoms with van der Waals surface area (Å²) in [5.74, 6) is 0.828. The topological polar surface area (TPSA) is 47.0 Å². The Morgan fingerprint density at radius 3 is 2.85 bits per heavy atom. The Hall–Kier alpha value is -1.46. The molecule has 1 unspecified atom stereocenters. The van der Waals surface area contributed by atoms with Gasteiger partial charge in [-0.15, -0.1) is 11.3 Å². The number of aryl methyl sites for hydroxylation is 1. The second kappa shape index (κ2) is 7.36. The molecule has 2 aromatic rings. The van der Waals surface area contributed by atoms with Gasteiger partial charge >= 0.3 is 0 Å². The molecule has 0 aliphatic heterocycles. The summed E-state index contributed by atoms with van der Waals surface area (Å²) < 4.78 is 5.67. The number of hydrogen-bond acceptors (Lipinski definition) is 5. The van der Waals surface area contributed by atoms with Gasteiger partial charge in [0.05, 0.1) is 30.1 Å². The van der Waals surface area contributed by atoms with Gasteiger partial charge in [0.25, 0.3) is 0 Å². The molecule has 5 heteroatoms. The lowest BCUT2D eigenvalue weighted by Crippen LogP contribution is -2.22. The molecule has 2 aromatic heterocycles. The van der Waals surface area contributed by atoms with Crippen molar-refractivity contribution >= 4 is 11.3 Å². The number of hydrogen-bond donors (Lipinski definition) is 1. The number of thiazole rings is 1. The van der Waals surface area contributed by atoms with Crippen LogP contribution < -0.4 is 10.1 Å². The summed E-state index contributed by atoms with van der Waals surface area (Å²) in [4.78, 5) is 9.88. The monoisotopic (exact) mass is 291 g/mol. The van der Waals surface area contributed by atoms with Crippen molar-refractivity contribution in [1.82, 2.24) is 15.3 Å². The van der Waals surface area contributed by atoms with Crippen LogP contribution in [0.1, 0.15) is 42.4 Å². The van der Waals surface area contributed by atoms with E-state index in [9.17, 15) is 0 Å². The molecular formula is C15H21N3OS. The van der Waals surface area contributed by atoms with Gasteiger partial charge in [-0.3, -0.25) is 4.98 Å². The lowest BCUT2D eigenvalue weighted by atomic mass is 10.1. The zero-order valence-electron chi connectivity index (χ0n) is 12.2. The van der Waals surface area contributed by atoms with E-state index >= 15 is 0 Å². The SMILES string of the molecule is CCCOc1cncc(C(NCC)c2scnc2C)c1. The molecule has 0 amide bonds. The highest BCUT2D eigenvalue weighted by atomic mass is 32.1. The summed E-state index contributed by atoms with van der Waals surface area (Å²) >= 11 is 1.67. The summed E-state index contributed by atoms with van der Waals surface area (Å²) in [5.41, 5.74) is 4.08. The molecule has 2 rings (SSSR count). The molecule has 4 nitrogen and oxygen atoms in total. The number of rotatable bonds is 7. The average molecular weight is 291 g/mol. The van der Waals surface area contributed by atoms with Gasteiger partial charge in [0.2, 0.25) is 0 Å². The van der Waals surface area contributed by atoms with Gasteiger partial charge in [-0.05, 0) is 31.5 Å². The predicted molar refractivity (Wildman–Crippen MR) is 82.4 cm³/mol. The molecular weight excluding hydrogens is 270 g/mol. The van der Waals surface area contributed by atoms with E-state index in [-0.39, 0.29) is 6.04 Å². The average Bonchev–Trinajstić information content (AvgIpc) is 2.89. The van der Waals surface area contributed by atoms with E-state index in [2.05, 4.69) is 35.2 Å². The Bertz CT molecular complexity index is 541. The maximum atomic E-state index is 5.67. The number of pyridine rings is 1. The highest BCUT2D eigenvalue weighted by Gasteiger charge is 2.18. The molecule has 0 bridgehead atoms. The molecule has 1 N–H and O–H groups in total. The maximum absolute atomic E-state index is 5.67. The van der Waals surface area contributed by atoms with E-state index in [1.165, 1.54) is 4.88 Å². The second-order valence-corrected chi connectivity index (χ2v) is 5.48. The number of ether oxygens (including phenoxy) is 1. The Morgan fingerprint density at radius 1 is 1.35 bits per heavy atom. The molecule has 0 aliphatic rings. The van der Waals surface area contributed by atoms with Crippen molar-refractivity contribution in [3.63, 3.8) is 0 Å². The summed E-state index contributed by atoms with van der Waals surface area (Å²) in [5, 5.41) is 3.50. The first-order valence-corrected chi connectivity index (χ1v) is 7.85. The fraction of sp³-hybridized carbons (Fsp3) is 0.467. The van der Waals surface area contributed by atoms with Crippen LogP contribution in [0.15, 0.2) is 24.0 Å². The van der Waals surface area contributed by atoms with Crippen LogP contribution >= 0.6 is 11.3 Å². The molecule has 2 heterocycles. The van der Waals surface area contributed by atoms with Crippen molar-refractivity contribution in [1.29, 1.82) is 0 Å². The summed E-state index contributed by atoms with van der Waals surface area (Å²) in [6, 6.07) is 2.19. The highest BCUT2D eigenvalue weighted by Crippen LogP contribution is 2.29. The third kappa shape index (κ3) is 3.55. The quantitative estimate of drug-likeness (QED) is 0.850. The van der Waals surface area contributed by atoms with Gasteiger partial charge in [0.1, 0.15) is 5.75 Å². The maximum Gasteiger partial charge on any atom is 0.137 e. The van der Waals surface area contributed by atoms with Crippen LogP contribution in [0.2, 0.25) is 0 Å². The molecule has 0 saturated heterocycles. The Balaban J connectivity index is 2.27. The van der Waals surface area contributed by atoms with Crippen LogP contribution in [0.5, 0.6) is 5.75 Å². The molecule has 0 aromatic carbocycles. The number of nitrogens with zero attached hydrogens (tertiary/aromatic N) is 2. The van der Waals surface area contributed by atoms with E-state index in [4.69, 9.17) is 4.74 Å². The van der Waals surface area contributed by atoms with E-state index in [1.54, 1.807) is 17.5 Å². The van der Waals surface area contributed by atoms with Crippen LogP contribution in [0, 0.1) is 6.92 Å². The highest BCUT2D eigenvalue weighted by molar-refractivity contribution is 7.09. The van der Waals surface area contributed by atoms with E-state index in [0.717, 1.165) is 36.6 Å². The minimum absolute atomic E-state index is 0.130.